The van der Waals surface area contributed by atoms with Gasteiger partial charge >= 0.3 is 0 Å². The van der Waals surface area contributed by atoms with Gasteiger partial charge in [-0.1, -0.05) is 217 Å². The van der Waals surface area contributed by atoms with Gasteiger partial charge in [0.25, 0.3) is 0 Å². The van der Waals surface area contributed by atoms with Gasteiger partial charge in [-0.25, -0.2) is 0 Å². The highest BCUT2D eigenvalue weighted by molar-refractivity contribution is 7.04. The molecule has 0 radical (unpaired) electrons. The molecule has 0 fully saturated rings. The second kappa shape index (κ2) is 14.2. The topological polar surface area (TPSA) is 0 Å². The van der Waals surface area contributed by atoms with Crippen LogP contribution < -0.4 is 10.4 Å². The summed E-state index contributed by atoms with van der Waals surface area (Å²) in [7, 11) is -2.20. The minimum atomic E-state index is -2.20. The molecule has 69 heavy (non-hydrogen) atoms. The maximum Gasteiger partial charge on any atom is 0.113 e. The normalized spacial score (nSPS) is 15.2. The fourth-order valence-corrected chi connectivity index (χ4v) is 16.2. The smallest absolute Gasteiger partial charge is 0.0622 e. The summed E-state index contributed by atoms with van der Waals surface area (Å²) >= 11 is 0. The minimum Gasteiger partial charge on any atom is -0.0622 e. The van der Waals surface area contributed by atoms with E-state index in [2.05, 4.69) is 247 Å². The van der Waals surface area contributed by atoms with Crippen molar-refractivity contribution in [2.75, 3.05) is 0 Å². The molecule has 14 rings (SSSR count). The molecule has 0 spiro atoms. The first-order chi connectivity index (χ1) is 33.5. The fraction of sp³-hybridized carbons (Fsp3) is 0.118. The first kappa shape index (κ1) is 40.5. The molecular formula is C68H52Si. The van der Waals surface area contributed by atoms with Gasteiger partial charge in [0.05, 0.1) is 0 Å². The van der Waals surface area contributed by atoms with Crippen LogP contribution in [-0.2, 0) is 10.8 Å². The van der Waals surface area contributed by atoms with Crippen LogP contribution in [0.3, 0.4) is 0 Å². The Hall–Kier alpha value is -7.58. The monoisotopic (exact) mass is 896 g/mol. The summed E-state index contributed by atoms with van der Waals surface area (Å²) in [6.45, 7) is 14.7. The van der Waals surface area contributed by atoms with Crippen LogP contribution in [0.2, 0.25) is 13.1 Å². The average Bonchev–Trinajstić information content (AvgIpc) is 3.85. The van der Waals surface area contributed by atoms with Gasteiger partial charge in [-0.05, 0) is 173 Å². The fourth-order valence-electron chi connectivity index (χ4n) is 13.2. The van der Waals surface area contributed by atoms with E-state index in [1.165, 1.54) is 143 Å². The molecule has 0 saturated carbocycles. The van der Waals surface area contributed by atoms with E-state index in [1.54, 1.807) is 0 Å². The van der Waals surface area contributed by atoms with E-state index in [1.807, 2.05) is 0 Å². The largest absolute Gasteiger partial charge is 0.113 e. The zero-order chi connectivity index (χ0) is 46.6. The van der Waals surface area contributed by atoms with Crippen LogP contribution in [0.15, 0.2) is 206 Å². The van der Waals surface area contributed by atoms with E-state index in [0.29, 0.717) is 0 Å². The SMILES string of the molecule is CC1(C)c2ccccc2-c2ccc(-c3ccc4c(c3)[Si](C)(C)c3cc5c(-c6ccccc6)c6cc(-c7ccc8c(c7)C(C)(C)c7ccccc7-8)ccc6c(-c6ccc7ccccc7c6)c5cc3-4)cc21. The maximum atomic E-state index is 2.64. The van der Waals surface area contributed by atoms with Gasteiger partial charge in [-0.15, -0.1) is 0 Å². The molecule has 3 aliphatic rings. The van der Waals surface area contributed by atoms with E-state index in [0.717, 1.165) is 0 Å². The predicted octanol–water partition coefficient (Wildman–Crippen LogP) is 17.2. The van der Waals surface area contributed by atoms with Crippen molar-refractivity contribution in [3.05, 3.63) is 229 Å². The molecule has 0 nitrogen and oxygen atoms in total. The van der Waals surface area contributed by atoms with Gasteiger partial charge in [0.15, 0.2) is 0 Å². The standard InChI is InChI=1S/C68H52Si/c1-67(2)59-22-14-12-20-49(59)51-30-26-45(36-61(51)67)44-29-33-54-56(35-44)65(42-17-8-7-9-18-42)58-40-64-55(39-57(58)66(54)48-25-24-41-16-10-11-19-43(41)34-48)53-32-28-47(38-63(53)69(64,5)6)46-27-31-52-50-21-13-15-23-60(50)68(3,4)62(52)37-46/h7-40H,1-6H3. The first-order valence-corrected chi connectivity index (χ1v) is 27.7. The number of hydrogen-bond donors (Lipinski definition) is 0. The van der Waals surface area contributed by atoms with Crippen molar-refractivity contribution >= 4 is 50.8 Å². The summed E-state index contributed by atoms with van der Waals surface area (Å²) < 4.78 is 0. The summed E-state index contributed by atoms with van der Waals surface area (Å²) in [5, 5.41) is 10.8. The zero-order valence-corrected chi connectivity index (χ0v) is 41.1. The van der Waals surface area contributed by atoms with E-state index in [-0.39, 0.29) is 10.8 Å². The Morgan fingerprint density at radius 2 is 0.739 bits per heavy atom. The molecule has 0 unspecified atom stereocenters. The van der Waals surface area contributed by atoms with Crippen LogP contribution in [0.4, 0.5) is 0 Å². The molecule has 0 N–H and O–H groups in total. The van der Waals surface area contributed by atoms with Gasteiger partial charge in [-0.2, -0.15) is 0 Å². The van der Waals surface area contributed by atoms with Crippen molar-refractivity contribution in [3.63, 3.8) is 0 Å². The minimum absolute atomic E-state index is 0.0445. The van der Waals surface area contributed by atoms with Crippen molar-refractivity contribution in [2.45, 2.75) is 51.6 Å². The molecular weight excluding hydrogens is 845 g/mol. The van der Waals surface area contributed by atoms with Gasteiger partial charge in [-0.3, -0.25) is 0 Å². The lowest BCUT2D eigenvalue weighted by atomic mass is 9.81. The number of rotatable bonds is 4. The molecule has 328 valence electrons. The van der Waals surface area contributed by atoms with Gasteiger partial charge in [0, 0.05) is 10.8 Å². The first-order valence-electron chi connectivity index (χ1n) is 24.7. The summed E-state index contributed by atoms with van der Waals surface area (Å²) in [4.78, 5) is 0. The van der Waals surface area contributed by atoms with Crippen molar-refractivity contribution < 1.29 is 0 Å². The Balaban J connectivity index is 1.000. The van der Waals surface area contributed by atoms with Crippen LogP contribution >= 0.6 is 0 Å². The molecule has 0 aromatic heterocycles. The van der Waals surface area contributed by atoms with Gasteiger partial charge in [0.1, 0.15) is 8.07 Å². The van der Waals surface area contributed by atoms with Crippen molar-refractivity contribution in [1.29, 1.82) is 0 Å². The van der Waals surface area contributed by atoms with E-state index < -0.39 is 8.07 Å². The van der Waals surface area contributed by atoms with Crippen LogP contribution in [0.5, 0.6) is 0 Å². The Labute approximate surface area is 406 Å². The van der Waals surface area contributed by atoms with Gasteiger partial charge < -0.3 is 0 Å². The molecule has 0 amide bonds. The lowest BCUT2D eigenvalue weighted by Crippen LogP contribution is -2.49. The Bertz CT molecular complexity index is 4030. The molecule has 0 saturated heterocycles. The highest BCUT2D eigenvalue weighted by Gasteiger charge is 2.40. The molecule has 0 bridgehead atoms. The van der Waals surface area contributed by atoms with Crippen molar-refractivity contribution in [3.8, 4) is 77.9 Å². The van der Waals surface area contributed by atoms with E-state index in [9.17, 15) is 0 Å². The predicted molar refractivity (Wildman–Crippen MR) is 298 cm³/mol. The third-order valence-electron chi connectivity index (χ3n) is 16.8. The third-order valence-corrected chi connectivity index (χ3v) is 20.4. The summed E-state index contributed by atoms with van der Waals surface area (Å²) in [6, 6.07) is 79.3. The van der Waals surface area contributed by atoms with Crippen LogP contribution in [0, 0.1) is 0 Å². The van der Waals surface area contributed by atoms with Crippen LogP contribution in [-0.4, -0.2) is 8.07 Å². The van der Waals surface area contributed by atoms with Crippen molar-refractivity contribution in [2.24, 2.45) is 0 Å². The summed E-state index contributed by atoms with van der Waals surface area (Å²) in [5.41, 5.74) is 24.0. The molecule has 11 aromatic rings. The maximum absolute atomic E-state index is 2.64. The van der Waals surface area contributed by atoms with Crippen LogP contribution in [0.25, 0.3) is 110 Å². The van der Waals surface area contributed by atoms with E-state index >= 15 is 0 Å². The number of benzene rings is 11. The lowest BCUT2D eigenvalue weighted by molar-refractivity contribution is 0.660. The summed E-state index contributed by atoms with van der Waals surface area (Å²) in [6.07, 6.45) is 0. The molecule has 1 heterocycles. The Morgan fingerprint density at radius 1 is 0.275 bits per heavy atom. The number of hydrogen-bond acceptors (Lipinski definition) is 0. The Kier molecular flexibility index (Phi) is 8.35. The molecule has 1 heteroatoms. The van der Waals surface area contributed by atoms with Gasteiger partial charge in [0.2, 0.25) is 0 Å². The summed E-state index contributed by atoms with van der Waals surface area (Å²) in [5.74, 6) is 0. The highest BCUT2D eigenvalue weighted by Crippen LogP contribution is 2.52. The molecule has 0 atom stereocenters. The Morgan fingerprint density at radius 3 is 1.41 bits per heavy atom. The van der Waals surface area contributed by atoms with Crippen LogP contribution in [0.1, 0.15) is 49.9 Å². The van der Waals surface area contributed by atoms with E-state index in [4.69, 9.17) is 0 Å². The quantitative estimate of drug-likeness (QED) is 0.122. The average molecular weight is 897 g/mol. The van der Waals surface area contributed by atoms with Crippen molar-refractivity contribution in [1.82, 2.24) is 0 Å². The zero-order valence-electron chi connectivity index (χ0n) is 40.1. The highest BCUT2D eigenvalue weighted by atomic mass is 28.3. The lowest BCUT2D eigenvalue weighted by Gasteiger charge is -2.23. The molecule has 1 aliphatic heterocycles. The number of fused-ring (bicyclic) bond motifs is 12. The molecule has 11 aromatic carbocycles. The second-order valence-electron chi connectivity index (χ2n) is 21.6. The second-order valence-corrected chi connectivity index (χ2v) is 26.0. The molecule has 2 aliphatic carbocycles. The third kappa shape index (κ3) is 5.69.